The van der Waals surface area contributed by atoms with Gasteiger partial charge in [-0.05, 0) is 25.0 Å². The minimum atomic E-state index is -3.08. The molecule has 1 atom stereocenters. The van der Waals surface area contributed by atoms with Gasteiger partial charge in [-0.1, -0.05) is 42.1 Å². The van der Waals surface area contributed by atoms with Gasteiger partial charge >= 0.3 is 0 Å². The number of benzene rings is 1. The number of aromatic nitrogens is 2. The van der Waals surface area contributed by atoms with Crippen LogP contribution in [0.2, 0.25) is 0 Å². The van der Waals surface area contributed by atoms with Crippen LogP contribution in [-0.4, -0.2) is 72.8 Å². The summed E-state index contributed by atoms with van der Waals surface area (Å²) in [5.74, 6) is 0.894. The number of nitrogens with zero attached hydrogens (tertiary/aromatic N) is 3. The van der Waals surface area contributed by atoms with Crippen LogP contribution >= 0.6 is 23.1 Å². The topological polar surface area (TPSA) is 89.5 Å². The second-order valence-corrected chi connectivity index (χ2v) is 11.9. The fourth-order valence-electron chi connectivity index (χ4n) is 3.79. The molecule has 3 aromatic rings. The van der Waals surface area contributed by atoms with Crippen LogP contribution in [0.25, 0.3) is 20.7 Å². The van der Waals surface area contributed by atoms with E-state index in [1.165, 1.54) is 11.8 Å². The molecule has 10 heteroatoms. The summed E-state index contributed by atoms with van der Waals surface area (Å²) in [6.45, 7) is 2.60. The highest BCUT2D eigenvalue weighted by molar-refractivity contribution is 8.00. The Morgan fingerprint density at radius 2 is 2.06 bits per heavy atom. The van der Waals surface area contributed by atoms with Crippen molar-refractivity contribution in [3.8, 4) is 10.4 Å². The zero-order valence-electron chi connectivity index (χ0n) is 18.0. The Hall–Kier alpha value is -2.01. The predicted octanol–water partition coefficient (Wildman–Crippen LogP) is 3.42. The average molecular weight is 492 g/mol. The molecule has 1 saturated heterocycles. The second-order valence-electron chi connectivity index (χ2n) is 7.70. The quantitative estimate of drug-likeness (QED) is 0.352. The molecule has 170 valence electrons. The third-order valence-electron chi connectivity index (χ3n) is 5.37. The number of thioether (sulfide) groups is 1. The van der Waals surface area contributed by atoms with E-state index < -0.39 is 9.84 Å². The number of ether oxygens (including phenoxy) is 1. The highest BCUT2D eigenvalue weighted by atomic mass is 32.2. The summed E-state index contributed by atoms with van der Waals surface area (Å²) in [4.78, 5) is 25.9. The molecule has 7 nitrogen and oxygen atoms in total. The molecule has 1 aliphatic heterocycles. The van der Waals surface area contributed by atoms with Crippen LogP contribution in [0.5, 0.6) is 0 Å². The number of rotatable bonds is 8. The molecule has 1 amide bonds. The van der Waals surface area contributed by atoms with Crippen molar-refractivity contribution in [1.82, 2.24) is 14.9 Å². The molecule has 0 aliphatic carbocycles. The van der Waals surface area contributed by atoms with Gasteiger partial charge in [-0.3, -0.25) is 4.79 Å². The molecule has 0 unspecified atom stereocenters. The first-order chi connectivity index (χ1) is 15.4. The SMILES string of the molecule is COCCN(C(=O)CSc1nc(C)nc2sc(-c3ccccc3)cc12)[C@H]1CCS(=O)(=O)C1. The molecule has 4 rings (SSSR count). The lowest BCUT2D eigenvalue weighted by molar-refractivity contribution is -0.130. The largest absolute Gasteiger partial charge is 0.383 e. The van der Waals surface area contributed by atoms with Crippen molar-refractivity contribution in [2.75, 3.05) is 37.5 Å². The zero-order valence-corrected chi connectivity index (χ0v) is 20.4. The number of amides is 1. The van der Waals surface area contributed by atoms with Gasteiger partial charge in [-0.2, -0.15) is 0 Å². The summed E-state index contributed by atoms with van der Waals surface area (Å²) in [7, 11) is -1.51. The Bertz CT molecular complexity index is 1210. The van der Waals surface area contributed by atoms with Gasteiger partial charge in [0.15, 0.2) is 9.84 Å². The van der Waals surface area contributed by atoms with Gasteiger partial charge in [-0.15, -0.1) is 11.3 Å². The molecule has 3 heterocycles. The Labute approximate surface area is 196 Å². The molecule has 32 heavy (non-hydrogen) atoms. The van der Waals surface area contributed by atoms with Crippen LogP contribution in [0.1, 0.15) is 12.2 Å². The molecule has 0 radical (unpaired) electrons. The highest BCUT2D eigenvalue weighted by Gasteiger charge is 2.34. The molecule has 2 aromatic heterocycles. The van der Waals surface area contributed by atoms with Crippen LogP contribution in [0.3, 0.4) is 0 Å². The monoisotopic (exact) mass is 491 g/mol. The van der Waals surface area contributed by atoms with Gasteiger partial charge in [0.05, 0.1) is 23.9 Å². The van der Waals surface area contributed by atoms with E-state index in [1.807, 2.05) is 25.1 Å². The van der Waals surface area contributed by atoms with Crippen molar-refractivity contribution < 1.29 is 17.9 Å². The number of sulfone groups is 1. The number of methoxy groups -OCH3 is 1. The van der Waals surface area contributed by atoms with Crippen molar-refractivity contribution in [2.24, 2.45) is 0 Å². The maximum absolute atomic E-state index is 13.1. The van der Waals surface area contributed by atoms with E-state index in [1.54, 1.807) is 23.3 Å². The average Bonchev–Trinajstić information content (AvgIpc) is 3.36. The fraction of sp³-hybridized carbons (Fsp3) is 0.409. The van der Waals surface area contributed by atoms with E-state index >= 15 is 0 Å². The van der Waals surface area contributed by atoms with Crippen molar-refractivity contribution in [3.63, 3.8) is 0 Å². The standard InChI is InChI=1S/C22H25N3O4S3/c1-15-23-21(18-12-19(31-22(18)24-15)16-6-4-3-5-7-16)30-13-20(26)25(9-10-29-2)17-8-11-32(27,28)14-17/h3-7,12,17H,8-11,13-14H2,1-2H3/t17-/m0/s1. The van der Waals surface area contributed by atoms with Crippen molar-refractivity contribution in [2.45, 2.75) is 24.4 Å². The third-order valence-corrected chi connectivity index (χ3v) is 9.17. The molecule has 1 fully saturated rings. The highest BCUT2D eigenvalue weighted by Crippen LogP contribution is 2.36. The molecule has 0 spiro atoms. The Kier molecular flexibility index (Phi) is 7.14. The number of hydrogen-bond acceptors (Lipinski definition) is 8. The lowest BCUT2D eigenvalue weighted by Crippen LogP contribution is -2.44. The second kappa shape index (κ2) is 9.86. The minimum Gasteiger partial charge on any atom is -0.383 e. The summed E-state index contributed by atoms with van der Waals surface area (Å²) in [5, 5.41) is 1.70. The summed E-state index contributed by atoms with van der Waals surface area (Å²) in [6.07, 6.45) is 0.476. The van der Waals surface area contributed by atoms with Crippen molar-refractivity contribution in [3.05, 3.63) is 42.2 Å². The number of hydrogen-bond donors (Lipinski definition) is 0. The van der Waals surface area contributed by atoms with E-state index in [9.17, 15) is 13.2 Å². The van der Waals surface area contributed by atoms with Gasteiger partial charge in [0, 0.05) is 30.0 Å². The molecule has 0 bridgehead atoms. The van der Waals surface area contributed by atoms with Crippen molar-refractivity contribution >= 4 is 49.1 Å². The number of thiophene rings is 1. The summed E-state index contributed by atoms with van der Waals surface area (Å²) in [5.41, 5.74) is 1.12. The first kappa shape index (κ1) is 23.2. The third kappa shape index (κ3) is 5.31. The van der Waals surface area contributed by atoms with Gasteiger partial charge in [0.1, 0.15) is 15.7 Å². The number of fused-ring (bicyclic) bond motifs is 1. The molecule has 1 aliphatic rings. The zero-order chi connectivity index (χ0) is 22.7. The first-order valence-electron chi connectivity index (χ1n) is 10.3. The maximum atomic E-state index is 13.1. The maximum Gasteiger partial charge on any atom is 0.233 e. The van der Waals surface area contributed by atoms with E-state index in [2.05, 4.69) is 28.2 Å². The first-order valence-corrected chi connectivity index (χ1v) is 13.9. The Morgan fingerprint density at radius 3 is 2.75 bits per heavy atom. The van der Waals surface area contributed by atoms with Crippen LogP contribution in [0, 0.1) is 6.92 Å². The lowest BCUT2D eigenvalue weighted by atomic mass is 10.2. The van der Waals surface area contributed by atoms with Crippen LogP contribution in [0.15, 0.2) is 41.4 Å². The van der Waals surface area contributed by atoms with Gasteiger partial charge < -0.3 is 9.64 Å². The van der Waals surface area contributed by atoms with Crippen LogP contribution in [0.4, 0.5) is 0 Å². The molecule has 1 aromatic carbocycles. The van der Waals surface area contributed by atoms with E-state index in [0.29, 0.717) is 25.4 Å². The van der Waals surface area contributed by atoms with E-state index in [-0.39, 0.29) is 29.2 Å². The normalized spacial score (nSPS) is 17.6. The number of carbonyl (C=O) groups excluding carboxylic acids is 1. The number of carbonyl (C=O) groups is 1. The molecular formula is C22H25N3O4S3. The lowest BCUT2D eigenvalue weighted by Gasteiger charge is -2.28. The fourth-order valence-corrected chi connectivity index (χ4v) is 7.60. The number of aryl methyl sites for hydroxylation is 1. The van der Waals surface area contributed by atoms with Crippen LogP contribution in [-0.2, 0) is 19.4 Å². The van der Waals surface area contributed by atoms with Gasteiger partial charge in [0.25, 0.3) is 0 Å². The summed E-state index contributed by atoms with van der Waals surface area (Å²) < 4.78 is 29.0. The van der Waals surface area contributed by atoms with Crippen LogP contribution < -0.4 is 0 Å². The molecular weight excluding hydrogens is 466 g/mol. The predicted molar refractivity (Wildman–Crippen MR) is 129 cm³/mol. The van der Waals surface area contributed by atoms with Gasteiger partial charge in [0.2, 0.25) is 5.91 Å². The van der Waals surface area contributed by atoms with Gasteiger partial charge in [-0.25, -0.2) is 18.4 Å². The Morgan fingerprint density at radius 1 is 1.28 bits per heavy atom. The summed E-state index contributed by atoms with van der Waals surface area (Å²) >= 11 is 2.98. The van der Waals surface area contributed by atoms with E-state index in [4.69, 9.17) is 4.74 Å². The minimum absolute atomic E-state index is 0.0228. The smallest absolute Gasteiger partial charge is 0.233 e. The summed E-state index contributed by atoms with van der Waals surface area (Å²) in [6, 6.07) is 11.9. The Balaban J connectivity index is 1.54. The molecule has 0 N–H and O–H groups in total. The van der Waals surface area contributed by atoms with Crippen molar-refractivity contribution in [1.29, 1.82) is 0 Å². The molecule has 0 saturated carbocycles. The van der Waals surface area contributed by atoms with E-state index in [0.717, 1.165) is 25.7 Å².